The van der Waals surface area contributed by atoms with E-state index in [0.717, 1.165) is 50.9 Å². The van der Waals surface area contributed by atoms with Crippen LogP contribution in [0.4, 0.5) is 4.79 Å². The van der Waals surface area contributed by atoms with Crippen LogP contribution in [-0.4, -0.2) is 51.9 Å². The molecule has 3 rings (SSSR count). The first-order chi connectivity index (χ1) is 12.3. The Morgan fingerprint density at radius 2 is 2.04 bits per heavy atom. The van der Waals surface area contributed by atoms with Gasteiger partial charge in [-0.1, -0.05) is 6.07 Å². The topological polar surface area (TPSA) is 74.7 Å². The van der Waals surface area contributed by atoms with Gasteiger partial charge in [0.05, 0.1) is 5.69 Å². The van der Waals surface area contributed by atoms with Gasteiger partial charge < -0.3 is 15.2 Å². The van der Waals surface area contributed by atoms with E-state index in [1.807, 2.05) is 39.0 Å². The molecule has 26 heavy (non-hydrogen) atoms. The molecule has 1 amide bonds. The molecule has 0 bridgehead atoms. The predicted molar refractivity (Wildman–Crippen MR) is 99.7 cm³/mol. The molecule has 1 saturated carbocycles. The average molecular weight is 361 g/mol. The molecule has 2 heterocycles. The third-order valence-electron chi connectivity index (χ3n) is 5.37. The van der Waals surface area contributed by atoms with Gasteiger partial charge in [-0.2, -0.15) is 0 Å². The van der Waals surface area contributed by atoms with Crippen LogP contribution in [-0.2, 0) is 10.3 Å². The lowest BCUT2D eigenvalue weighted by molar-refractivity contribution is -0.0268. The summed E-state index contributed by atoms with van der Waals surface area (Å²) in [5, 5.41) is 13.8. The SMILES string of the molecule is CC(C)(C)NC(=O)O[C@@H]1CCN(C2CCC(O)(c3ccccn3)CC2)C1. The molecule has 2 fully saturated rings. The van der Waals surface area contributed by atoms with E-state index in [0.29, 0.717) is 6.04 Å². The molecule has 0 aromatic carbocycles. The molecule has 1 aliphatic heterocycles. The highest BCUT2D eigenvalue weighted by Crippen LogP contribution is 2.38. The quantitative estimate of drug-likeness (QED) is 0.866. The van der Waals surface area contributed by atoms with Crippen LogP contribution >= 0.6 is 0 Å². The van der Waals surface area contributed by atoms with Gasteiger partial charge >= 0.3 is 6.09 Å². The molecule has 6 heteroatoms. The lowest BCUT2D eigenvalue weighted by Crippen LogP contribution is -2.44. The van der Waals surface area contributed by atoms with Gasteiger partial charge in [0.2, 0.25) is 0 Å². The predicted octanol–water partition coefficient (Wildman–Crippen LogP) is 2.81. The molecule has 1 aliphatic carbocycles. The number of likely N-dealkylation sites (tertiary alicyclic amines) is 1. The summed E-state index contributed by atoms with van der Waals surface area (Å²) < 4.78 is 5.57. The van der Waals surface area contributed by atoms with Crippen molar-refractivity contribution in [1.29, 1.82) is 0 Å². The van der Waals surface area contributed by atoms with E-state index in [-0.39, 0.29) is 17.7 Å². The van der Waals surface area contributed by atoms with Crippen molar-refractivity contribution < 1.29 is 14.6 Å². The minimum atomic E-state index is -0.806. The number of aromatic nitrogens is 1. The number of hydrogen-bond donors (Lipinski definition) is 2. The number of amides is 1. The van der Waals surface area contributed by atoms with Crippen LogP contribution in [0.1, 0.15) is 58.6 Å². The third-order valence-corrected chi connectivity index (χ3v) is 5.37. The van der Waals surface area contributed by atoms with Crippen LogP contribution in [0.5, 0.6) is 0 Å². The van der Waals surface area contributed by atoms with Crippen molar-refractivity contribution in [1.82, 2.24) is 15.2 Å². The number of rotatable bonds is 3. The molecule has 6 nitrogen and oxygen atoms in total. The second-order valence-corrected chi connectivity index (χ2v) is 8.66. The third kappa shape index (κ3) is 4.74. The molecule has 2 aliphatic rings. The van der Waals surface area contributed by atoms with E-state index < -0.39 is 5.60 Å². The summed E-state index contributed by atoms with van der Waals surface area (Å²) in [7, 11) is 0. The van der Waals surface area contributed by atoms with Gasteiger partial charge in [-0.05, 0) is 65.0 Å². The summed E-state index contributed by atoms with van der Waals surface area (Å²) in [6.45, 7) is 7.56. The molecule has 0 radical (unpaired) electrons. The fourth-order valence-corrected chi connectivity index (χ4v) is 4.01. The van der Waals surface area contributed by atoms with Crippen LogP contribution in [0.3, 0.4) is 0 Å². The van der Waals surface area contributed by atoms with Crippen molar-refractivity contribution in [3.63, 3.8) is 0 Å². The summed E-state index contributed by atoms with van der Waals surface area (Å²) >= 11 is 0. The van der Waals surface area contributed by atoms with Crippen molar-refractivity contribution in [2.24, 2.45) is 0 Å². The van der Waals surface area contributed by atoms with Crippen molar-refractivity contribution >= 4 is 6.09 Å². The van der Waals surface area contributed by atoms with Crippen molar-refractivity contribution in [2.45, 2.75) is 76.2 Å². The molecule has 2 N–H and O–H groups in total. The van der Waals surface area contributed by atoms with E-state index in [2.05, 4.69) is 15.2 Å². The van der Waals surface area contributed by atoms with Crippen LogP contribution in [0, 0.1) is 0 Å². The first kappa shape index (κ1) is 19.1. The largest absolute Gasteiger partial charge is 0.445 e. The van der Waals surface area contributed by atoms with Crippen molar-refractivity contribution in [2.75, 3.05) is 13.1 Å². The first-order valence-electron chi connectivity index (χ1n) is 9.62. The zero-order valence-electron chi connectivity index (χ0n) is 16.1. The lowest BCUT2D eigenvalue weighted by Gasteiger charge is -2.39. The smallest absolute Gasteiger partial charge is 0.407 e. The number of alkyl carbamates (subject to hydrolysis) is 1. The summed E-state index contributed by atoms with van der Waals surface area (Å²) in [6.07, 6.45) is 5.55. The minimum Gasteiger partial charge on any atom is -0.445 e. The Morgan fingerprint density at radius 3 is 2.65 bits per heavy atom. The Labute approximate surface area is 155 Å². The number of ether oxygens (including phenoxy) is 1. The van der Waals surface area contributed by atoms with Gasteiger partial charge in [0.25, 0.3) is 0 Å². The number of pyridine rings is 1. The van der Waals surface area contributed by atoms with E-state index in [1.54, 1.807) is 6.20 Å². The highest BCUT2D eigenvalue weighted by molar-refractivity contribution is 5.68. The Hall–Kier alpha value is -1.66. The van der Waals surface area contributed by atoms with Crippen LogP contribution < -0.4 is 5.32 Å². The summed E-state index contributed by atoms with van der Waals surface area (Å²) in [4.78, 5) is 18.7. The summed E-state index contributed by atoms with van der Waals surface area (Å²) in [6, 6.07) is 6.16. The van der Waals surface area contributed by atoms with Gasteiger partial charge in [-0.25, -0.2) is 4.79 Å². The molecular formula is C20H31N3O3. The highest BCUT2D eigenvalue weighted by atomic mass is 16.6. The minimum absolute atomic E-state index is 0.0473. The van der Waals surface area contributed by atoms with E-state index in [4.69, 9.17) is 4.74 Å². The Morgan fingerprint density at radius 1 is 1.31 bits per heavy atom. The van der Waals surface area contributed by atoms with Crippen molar-refractivity contribution in [3.05, 3.63) is 30.1 Å². The van der Waals surface area contributed by atoms with Gasteiger partial charge in [0.1, 0.15) is 11.7 Å². The average Bonchev–Trinajstić information content (AvgIpc) is 3.03. The van der Waals surface area contributed by atoms with Gasteiger partial charge in [0, 0.05) is 30.9 Å². The van der Waals surface area contributed by atoms with E-state index in [1.165, 1.54) is 0 Å². The summed E-state index contributed by atoms with van der Waals surface area (Å²) in [5.74, 6) is 0. The van der Waals surface area contributed by atoms with Gasteiger partial charge in [0.15, 0.2) is 0 Å². The lowest BCUT2D eigenvalue weighted by atomic mass is 9.79. The fraction of sp³-hybridized carbons (Fsp3) is 0.700. The molecule has 1 atom stereocenters. The maximum absolute atomic E-state index is 11.9. The molecular weight excluding hydrogens is 330 g/mol. The second-order valence-electron chi connectivity index (χ2n) is 8.66. The second kappa shape index (κ2) is 7.53. The monoisotopic (exact) mass is 361 g/mol. The molecule has 1 aromatic rings. The van der Waals surface area contributed by atoms with E-state index >= 15 is 0 Å². The molecule has 0 spiro atoms. The molecule has 144 valence electrons. The number of nitrogens with one attached hydrogen (secondary N) is 1. The van der Waals surface area contributed by atoms with Crippen LogP contribution in [0.15, 0.2) is 24.4 Å². The standard InChI is InChI=1S/C20H31N3O3/c1-19(2,3)22-18(24)26-16-9-13-23(14-16)15-7-10-20(25,11-8-15)17-6-4-5-12-21-17/h4-6,12,15-16,25H,7-11,13-14H2,1-3H3,(H,22,24)/t15?,16-,20?/m1/s1. The molecule has 0 unspecified atom stereocenters. The zero-order chi connectivity index (χ0) is 18.8. The maximum Gasteiger partial charge on any atom is 0.407 e. The van der Waals surface area contributed by atoms with Crippen LogP contribution in [0.2, 0.25) is 0 Å². The number of carbonyl (C=O) groups excluding carboxylic acids is 1. The Bertz CT molecular complexity index is 606. The van der Waals surface area contributed by atoms with E-state index in [9.17, 15) is 9.90 Å². The van der Waals surface area contributed by atoms with Crippen LogP contribution in [0.25, 0.3) is 0 Å². The van der Waals surface area contributed by atoms with Gasteiger partial charge in [-0.15, -0.1) is 0 Å². The van der Waals surface area contributed by atoms with Gasteiger partial charge in [-0.3, -0.25) is 9.88 Å². The Kier molecular flexibility index (Phi) is 5.53. The zero-order valence-corrected chi connectivity index (χ0v) is 16.1. The molecule has 1 saturated heterocycles. The first-order valence-corrected chi connectivity index (χ1v) is 9.62. The number of nitrogens with zero attached hydrogens (tertiary/aromatic N) is 2. The molecule has 1 aromatic heterocycles. The Balaban J connectivity index is 1.48. The maximum atomic E-state index is 11.9. The fourth-order valence-electron chi connectivity index (χ4n) is 4.01. The normalized spacial score (nSPS) is 30.2. The number of carbonyl (C=O) groups is 1. The number of hydrogen-bond acceptors (Lipinski definition) is 5. The highest BCUT2D eigenvalue weighted by Gasteiger charge is 2.39. The van der Waals surface area contributed by atoms with Crippen molar-refractivity contribution in [3.8, 4) is 0 Å². The number of aliphatic hydroxyl groups is 1. The summed E-state index contributed by atoms with van der Waals surface area (Å²) in [5.41, 5.74) is -0.311.